The van der Waals surface area contributed by atoms with Crippen molar-refractivity contribution in [2.75, 3.05) is 23.3 Å². The van der Waals surface area contributed by atoms with Crippen LogP contribution in [0.5, 0.6) is 0 Å². The van der Waals surface area contributed by atoms with Crippen LogP contribution in [0.1, 0.15) is 57.6 Å². The smallest absolute Gasteiger partial charge is 0.0401 e. The predicted molar refractivity (Wildman–Crippen MR) is 102 cm³/mol. The molecule has 1 aromatic carbocycles. The van der Waals surface area contributed by atoms with Crippen LogP contribution in [0.4, 0.5) is 5.69 Å². The molecular weight excluding hydrogens is 334 g/mol. The van der Waals surface area contributed by atoms with E-state index in [4.69, 9.17) is 0 Å². The first-order valence-electron chi connectivity index (χ1n) is 8.79. The minimum atomic E-state index is 0.444. The average Bonchev–Trinajstić information content (AvgIpc) is 2.47. The molecule has 0 radical (unpaired) electrons. The van der Waals surface area contributed by atoms with Gasteiger partial charge in [-0.1, -0.05) is 48.8 Å². The molecule has 1 fully saturated rings. The Morgan fingerprint density at radius 3 is 2.45 bits per heavy atom. The molecule has 0 aromatic heterocycles. The molecule has 0 N–H and O–H groups in total. The van der Waals surface area contributed by atoms with E-state index in [2.05, 4.69) is 66.7 Å². The number of halogens is 1. The number of aryl methyl sites for hydroxylation is 2. The van der Waals surface area contributed by atoms with Crippen LogP contribution in [0.2, 0.25) is 0 Å². The molecule has 2 rings (SSSR count). The number of anilines is 1. The maximum atomic E-state index is 3.65. The molecule has 1 aliphatic heterocycles. The molecule has 0 aliphatic carbocycles. The van der Waals surface area contributed by atoms with Gasteiger partial charge in [0.2, 0.25) is 0 Å². The quantitative estimate of drug-likeness (QED) is 0.580. The first kappa shape index (κ1) is 17.8. The van der Waals surface area contributed by atoms with Gasteiger partial charge in [0.25, 0.3) is 0 Å². The number of benzene rings is 1. The number of hydrogen-bond donors (Lipinski definition) is 0. The van der Waals surface area contributed by atoms with Crippen LogP contribution in [-0.4, -0.2) is 18.4 Å². The number of piperidine rings is 1. The van der Waals surface area contributed by atoms with Crippen molar-refractivity contribution in [1.82, 2.24) is 0 Å². The Morgan fingerprint density at radius 2 is 1.86 bits per heavy atom. The minimum absolute atomic E-state index is 0.444. The summed E-state index contributed by atoms with van der Waals surface area (Å²) < 4.78 is 0. The molecule has 1 heterocycles. The van der Waals surface area contributed by atoms with Gasteiger partial charge in [-0.15, -0.1) is 0 Å². The van der Waals surface area contributed by atoms with Crippen molar-refractivity contribution in [3.63, 3.8) is 0 Å². The minimum Gasteiger partial charge on any atom is -0.371 e. The molecule has 0 spiro atoms. The maximum Gasteiger partial charge on any atom is 0.0401 e. The molecule has 1 saturated heterocycles. The zero-order chi connectivity index (χ0) is 16.2. The normalized spacial score (nSPS) is 17.0. The van der Waals surface area contributed by atoms with Gasteiger partial charge in [0, 0.05) is 24.1 Å². The first-order chi connectivity index (χ1) is 10.4. The Bertz CT molecular complexity index is 467. The van der Waals surface area contributed by atoms with Gasteiger partial charge in [-0.2, -0.15) is 0 Å². The van der Waals surface area contributed by atoms with Crippen LogP contribution in [-0.2, 0) is 6.42 Å². The maximum absolute atomic E-state index is 3.65. The van der Waals surface area contributed by atoms with Crippen molar-refractivity contribution < 1.29 is 0 Å². The van der Waals surface area contributed by atoms with E-state index in [1.54, 1.807) is 5.56 Å². The van der Waals surface area contributed by atoms with Gasteiger partial charge in [-0.25, -0.2) is 0 Å². The molecule has 124 valence electrons. The molecule has 0 bridgehead atoms. The van der Waals surface area contributed by atoms with Crippen LogP contribution in [0.15, 0.2) is 18.2 Å². The second-order valence-corrected chi connectivity index (χ2v) is 8.78. The third kappa shape index (κ3) is 5.30. The van der Waals surface area contributed by atoms with E-state index in [-0.39, 0.29) is 0 Å². The van der Waals surface area contributed by atoms with E-state index in [9.17, 15) is 0 Å². The lowest BCUT2D eigenvalue weighted by Gasteiger charge is -2.34. The summed E-state index contributed by atoms with van der Waals surface area (Å²) in [6.07, 6.45) is 6.44. The topological polar surface area (TPSA) is 3.24 Å². The highest BCUT2D eigenvalue weighted by molar-refractivity contribution is 9.09. The van der Waals surface area contributed by atoms with E-state index >= 15 is 0 Å². The number of nitrogens with zero attached hydrogens (tertiary/aromatic N) is 1. The fourth-order valence-electron chi connectivity index (χ4n) is 3.32. The van der Waals surface area contributed by atoms with E-state index in [1.807, 2.05) is 0 Å². The molecule has 2 heteroatoms. The van der Waals surface area contributed by atoms with Crippen molar-refractivity contribution >= 4 is 21.6 Å². The van der Waals surface area contributed by atoms with Crippen LogP contribution in [0, 0.1) is 18.3 Å². The Kier molecular flexibility index (Phi) is 6.37. The average molecular weight is 366 g/mol. The summed E-state index contributed by atoms with van der Waals surface area (Å²) in [5.74, 6) is 0.866. The lowest BCUT2D eigenvalue weighted by Crippen LogP contribution is -2.34. The lowest BCUT2D eigenvalue weighted by molar-refractivity contribution is 0.365. The standard InChI is InChI=1S/C20H32BrN/c1-16-7-8-18(6-5-11-20(2,3)4)19(14-16)22-12-9-17(15-21)10-13-22/h7-8,14,17H,5-6,9-13,15H2,1-4H3. The van der Waals surface area contributed by atoms with E-state index in [1.165, 1.54) is 56.4 Å². The second-order valence-electron chi connectivity index (χ2n) is 8.13. The number of rotatable bonds is 5. The fourth-order valence-corrected chi connectivity index (χ4v) is 3.96. The Morgan fingerprint density at radius 1 is 1.18 bits per heavy atom. The molecule has 0 amide bonds. The van der Waals surface area contributed by atoms with Crippen LogP contribution < -0.4 is 4.90 Å². The first-order valence-corrected chi connectivity index (χ1v) is 9.91. The zero-order valence-electron chi connectivity index (χ0n) is 14.8. The van der Waals surface area contributed by atoms with Crippen molar-refractivity contribution in [1.29, 1.82) is 0 Å². The summed E-state index contributed by atoms with van der Waals surface area (Å²) >= 11 is 3.65. The third-order valence-electron chi connectivity index (χ3n) is 4.79. The Labute approximate surface area is 145 Å². The highest BCUT2D eigenvalue weighted by Crippen LogP contribution is 2.30. The van der Waals surface area contributed by atoms with E-state index in [0.29, 0.717) is 5.41 Å². The van der Waals surface area contributed by atoms with Crippen molar-refractivity contribution in [3.05, 3.63) is 29.3 Å². The van der Waals surface area contributed by atoms with Crippen molar-refractivity contribution in [2.24, 2.45) is 11.3 Å². The third-order valence-corrected chi connectivity index (χ3v) is 5.70. The molecule has 1 aromatic rings. The van der Waals surface area contributed by atoms with Crippen LogP contribution in [0.3, 0.4) is 0 Å². The predicted octanol–water partition coefficient (Wildman–Crippen LogP) is 5.98. The van der Waals surface area contributed by atoms with Gasteiger partial charge in [0.1, 0.15) is 0 Å². The van der Waals surface area contributed by atoms with E-state index < -0.39 is 0 Å². The summed E-state index contributed by atoms with van der Waals surface area (Å²) in [6, 6.07) is 7.05. The van der Waals surface area contributed by atoms with Crippen molar-refractivity contribution in [2.45, 2.75) is 59.8 Å². The van der Waals surface area contributed by atoms with Crippen molar-refractivity contribution in [3.8, 4) is 0 Å². The number of alkyl halides is 1. The van der Waals surface area contributed by atoms with Gasteiger partial charge in [-0.3, -0.25) is 0 Å². The van der Waals surface area contributed by atoms with E-state index in [0.717, 1.165) is 11.2 Å². The molecule has 0 unspecified atom stereocenters. The van der Waals surface area contributed by atoms with Gasteiger partial charge < -0.3 is 4.90 Å². The molecule has 22 heavy (non-hydrogen) atoms. The second kappa shape index (κ2) is 7.86. The van der Waals surface area contributed by atoms with Gasteiger partial charge in [0.15, 0.2) is 0 Å². The SMILES string of the molecule is Cc1ccc(CCCC(C)(C)C)c(N2CCC(CBr)CC2)c1. The monoisotopic (exact) mass is 365 g/mol. The Balaban J connectivity index is 2.04. The molecule has 1 nitrogen and oxygen atoms in total. The van der Waals surface area contributed by atoms with Gasteiger partial charge in [0.05, 0.1) is 0 Å². The molecular formula is C20H32BrN. The molecule has 1 aliphatic rings. The Hall–Kier alpha value is -0.500. The van der Waals surface area contributed by atoms with Gasteiger partial charge >= 0.3 is 0 Å². The lowest BCUT2D eigenvalue weighted by atomic mass is 9.88. The van der Waals surface area contributed by atoms with Gasteiger partial charge in [-0.05, 0) is 67.6 Å². The summed E-state index contributed by atoms with van der Waals surface area (Å²) in [7, 11) is 0. The number of hydrogen-bond acceptors (Lipinski definition) is 1. The van der Waals surface area contributed by atoms with Crippen LogP contribution >= 0.6 is 15.9 Å². The zero-order valence-corrected chi connectivity index (χ0v) is 16.4. The highest BCUT2D eigenvalue weighted by Gasteiger charge is 2.20. The van der Waals surface area contributed by atoms with Crippen LogP contribution in [0.25, 0.3) is 0 Å². The highest BCUT2D eigenvalue weighted by atomic mass is 79.9. The molecule has 0 saturated carbocycles. The summed E-state index contributed by atoms with van der Waals surface area (Å²) in [6.45, 7) is 11.7. The summed E-state index contributed by atoms with van der Waals surface area (Å²) in [5, 5.41) is 1.16. The summed E-state index contributed by atoms with van der Waals surface area (Å²) in [5.41, 5.74) is 4.88. The largest absolute Gasteiger partial charge is 0.371 e. The summed E-state index contributed by atoms with van der Waals surface area (Å²) in [4.78, 5) is 2.62. The molecule has 0 atom stereocenters. The fraction of sp³-hybridized carbons (Fsp3) is 0.700.